The summed E-state index contributed by atoms with van der Waals surface area (Å²) in [5, 5.41) is 22.2. The number of halogens is 1. The lowest BCUT2D eigenvalue weighted by atomic mass is 10.1. The third-order valence-electron chi connectivity index (χ3n) is 3.93. The number of hydrogen-bond donors (Lipinski definition) is 1. The van der Waals surface area contributed by atoms with Crippen LogP contribution in [0, 0.1) is 15.9 Å². The molecule has 28 heavy (non-hydrogen) atoms. The van der Waals surface area contributed by atoms with E-state index in [1.165, 1.54) is 30.6 Å². The molecule has 0 radical (unpaired) electrons. The van der Waals surface area contributed by atoms with Gasteiger partial charge in [0.1, 0.15) is 12.1 Å². The van der Waals surface area contributed by atoms with Gasteiger partial charge in [0, 0.05) is 25.2 Å². The SMILES string of the molecule is Cn1cnnc1Sc1ccc(C(=O)NCCc2ccccc2F)cc1[N+](=O)[O-]. The molecule has 0 aliphatic carbocycles. The second-order valence-electron chi connectivity index (χ2n) is 5.86. The van der Waals surface area contributed by atoms with Gasteiger partial charge in [0.15, 0.2) is 5.16 Å². The van der Waals surface area contributed by atoms with Crippen molar-refractivity contribution in [1.29, 1.82) is 0 Å². The highest BCUT2D eigenvalue weighted by Crippen LogP contribution is 2.34. The zero-order valence-electron chi connectivity index (χ0n) is 14.8. The average molecular weight is 401 g/mol. The third-order valence-corrected chi connectivity index (χ3v) is 5.04. The van der Waals surface area contributed by atoms with Crippen LogP contribution in [0.2, 0.25) is 0 Å². The van der Waals surface area contributed by atoms with Crippen LogP contribution in [0.4, 0.5) is 10.1 Å². The van der Waals surface area contributed by atoms with Crippen molar-refractivity contribution in [3.05, 3.63) is 75.9 Å². The van der Waals surface area contributed by atoms with Crippen molar-refractivity contribution in [2.75, 3.05) is 6.54 Å². The van der Waals surface area contributed by atoms with E-state index in [1.807, 2.05) is 0 Å². The molecule has 3 rings (SSSR count). The molecule has 0 unspecified atom stereocenters. The predicted molar refractivity (Wildman–Crippen MR) is 101 cm³/mol. The maximum absolute atomic E-state index is 13.6. The van der Waals surface area contributed by atoms with Crippen molar-refractivity contribution in [3.8, 4) is 0 Å². The van der Waals surface area contributed by atoms with E-state index in [2.05, 4.69) is 15.5 Å². The van der Waals surface area contributed by atoms with E-state index in [4.69, 9.17) is 0 Å². The van der Waals surface area contributed by atoms with Gasteiger partial charge in [-0.15, -0.1) is 10.2 Å². The second-order valence-corrected chi connectivity index (χ2v) is 6.87. The van der Waals surface area contributed by atoms with Crippen LogP contribution in [0.5, 0.6) is 0 Å². The molecule has 0 bridgehead atoms. The number of nitro groups is 1. The molecule has 0 fully saturated rings. The molecule has 0 spiro atoms. The number of carbonyl (C=O) groups is 1. The minimum Gasteiger partial charge on any atom is -0.352 e. The van der Waals surface area contributed by atoms with Crippen molar-refractivity contribution in [2.24, 2.45) is 7.05 Å². The Morgan fingerprint density at radius 1 is 1.32 bits per heavy atom. The summed E-state index contributed by atoms with van der Waals surface area (Å²) in [4.78, 5) is 23.5. The summed E-state index contributed by atoms with van der Waals surface area (Å²) in [7, 11) is 1.73. The Morgan fingerprint density at radius 3 is 2.79 bits per heavy atom. The zero-order chi connectivity index (χ0) is 20.1. The molecule has 0 aliphatic rings. The van der Waals surface area contributed by atoms with Crippen molar-refractivity contribution < 1.29 is 14.1 Å². The van der Waals surface area contributed by atoms with Gasteiger partial charge in [-0.1, -0.05) is 18.2 Å². The lowest BCUT2D eigenvalue weighted by Crippen LogP contribution is -2.26. The Hall–Kier alpha value is -3.27. The molecule has 1 N–H and O–H groups in total. The summed E-state index contributed by atoms with van der Waals surface area (Å²) in [5.41, 5.74) is 0.446. The van der Waals surface area contributed by atoms with E-state index in [0.717, 1.165) is 11.8 Å². The number of aryl methyl sites for hydroxylation is 1. The van der Waals surface area contributed by atoms with Gasteiger partial charge < -0.3 is 9.88 Å². The van der Waals surface area contributed by atoms with Gasteiger partial charge in [0.05, 0.1) is 9.82 Å². The Labute approximate surface area is 163 Å². The molecule has 1 amide bonds. The Morgan fingerprint density at radius 2 is 2.11 bits per heavy atom. The molecular weight excluding hydrogens is 385 g/mol. The van der Waals surface area contributed by atoms with Crippen LogP contribution >= 0.6 is 11.8 Å². The number of nitro benzene ring substituents is 1. The van der Waals surface area contributed by atoms with Crippen LogP contribution in [0.15, 0.2) is 58.8 Å². The Balaban J connectivity index is 1.70. The summed E-state index contributed by atoms with van der Waals surface area (Å²) in [5.74, 6) is -0.799. The maximum atomic E-state index is 13.6. The van der Waals surface area contributed by atoms with Gasteiger partial charge in [-0.2, -0.15) is 0 Å². The Kier molecular flexibility index (Phi) is 5.99. The van der Waals surface area contributed by atoms with E-state index >= 15 is 0 Å². The normalized spacial score (nSPS) is 10.6. The van der Waals surface area contributed by atoms with E-state index in [1.54, 1.807) is 29.8 Å². The third kappa shape index (κ3) is 4.52. The first kappa shape index (κ1) is 19.5. The fraction of sp³-hybridized carbons (Fsp3) is 0.167. The summed E-state index contributed by atoms with van der Waals surface area (Å²) >= 11 is 1.09. The first-order valence-electron chi connectivity index (χ1n) is 8.27. The summed E-state index contributed by atoms with van der Waals surface area (Å²) in [6.07, 6.45) is 1.81. The topological polar surface area (TPSA) is 103 Å². The number of benzene rings is 2. The summed E-state index contributed by atoms with van der Waals surface area (Å²) in [6, 6.07) is 10.5. The van der Waals surface area contributed by atoms with Crippen LogP contribution in [-0.2, 0) is 13.5 Å². The average Bonchev–Trinajstić information content (AvgIpc) is 3.08. The van der Waals surface area contributed by atoms with Gasteiger partial charge in [0.2, 0.25) is 0 Å². The summed E-state index contributed by atoms with van der Waals surface area (Å²) < 4.78 is 15.2. The van der Waals surface area contributed by atoms with E-state index < -0.39 is 10.8 Å². The van der Waals surface area contributed by atoms with Gasteiger partial charge in [0.25, 0.3) is 11.6 Å². The standard InChI is InChI=1S/C18H16FN5O3S/c1-23-11-21-22-18(23)28-16-7-6-13(10-15(16)24(26)27)17(25)20-9-8-12-4-2-3-5-14(12)19/h2-7,10-11H,8-9H2,1H3,(H,20,25). The molecule has 0 saturated heterocycles. The van der Waals surface area contributed by atoms with Crippen molar-refractivity contribution >= 4 is 23.4 Å². The highest BCUT2D eigenvalue weighted by Gasteiger charge is 2.20. The maximum Gasteiger partial charge on any atom is 0.284 e. The fourth-order valence-corrected chi connectivity index (χ4v) is 3.31. The first-order valence-corrected chi connectivity index (χ1v) is 9.09. The number of nitrogens with zero attached hydrogens (tertiary/aromatic N) is 4. The van der Waals surface area contributed by atoms with Gasteiger partial charge in [-0.05, 0) is 41.9 Å². The minimum atomic E-state index is -0.547. The zero-order valence-corrected chi connectivity index (χ0v) is 15.6. The van der Waals surface area contributed by atoms with Gasteiger partial charge >= 0.3 is 0 Å². The van der Waals surface area contributed by atoms with Gasteiger partial charge in [-0.3, -0.25) is 14.9 Å². The molecular formula is C18H16FN5O3S. The summed E-state index contributed by atoms with van der Waals surface area (Å²) in [6.45, 7) is 0.211. The van der Waals surface area contributed by atoms with Crippen molar-refractivity contribution in [2.45, 2.75) is 16.5 Å². The van der Waals surface area contributed by atoms with Crippen LogP contribution in [0.3, 0.4) is 0 Å². The highest BCUT2D eigenvalue weighted by molar-refractivity contribution is 7.99. The number of aromatic nitrogens is 3. The molecule has 0 aliphatic heterocycles. The Bertz CT molecular complexity index is 1020. The number of hydrogen-bond acceptors (Lipinski definition) is 6. The van der Waals surface area contributed by atoms with E-state index in [9.17, 15) is 19.3 Å². The lowest BCUT2D eigenvalue weighted by molar-refractivity contribution is -0.387. The van der Waals surface area contributed by atoms with Crippen LogP contribution in [0.1, 0.15) is 15.9 Å². The smallest absolute Gasteiger partial charge is 0.284 e. The predicted octanol–water partition coefficient (Wildman–Crippen LogP) is 2.99. The number of rotatable bonds is 7. The monoisotopic (exact) mass is 401 g/mol. The molecule has 0 saturated carbocycles. The first-order chi connectivity index (χ1) is 13.5. The highest BCUT2D eigenvalue weighted by atomic mass is 32.2. The molecule has 144 valence electrons. The van der Waals surface area contributed by atoms with Crippen LogP contribution in [0.25, 0.3) is 0 Å². The molecule has 0 atom stereocenters. The molecule has 10 heteroatoms. The lowest BCUT2D eigenvalue weighted by Gasteiger charge is -2.08. The molecule has 8 nitrogen and oxygen atoms in total. The minimum absolute atomic E-state index is 0.155. The van der Waals surface area contributed by atoms with Crippen LogP contribution in [-0.4, -0.2) is 32.1 Å². The number of carbonyl (C=O) groups excluding carboxylic acids is 1. The molecule has 1 aromatic heterocycles. The number of amides is 1. The van der Waals surface area contributed by atoms with Crippen molar-refractivity contribution in [3.63, 3.8) is 0 Å². The van der Waals surface area contributed by atoms with Crippen LogP contribution < -0.4 is 5.32 Å². The molecule has 3 aromatic rings. The largest absolute Gasteiger partial charge is 0.352 e. The quantitative estimate of drug-likeness (QED) is 0.482. The second kappa shape index (κ2) is 8.61. The molecule has 2 aromatic carbocycles. The fourth-order valence-electron chi connectivity index (χ4n) is 2.46. The van der Waals surface area contributed by atoms with Gasteiger partial charge in [-0.25, -0.2) is 4.39 Å². The van der Waals surface area contributed by atoms with E-state index in [-0.39, 0.29) is 23.6 Å². The van der Waals surface area contributed by atoms with E-state index in [0.29, 0.717) is 22.0 Å². The molecule has 1 heterocycles. The number of nitrogens with one attached hydrogen (secondary N) is 1. The van der Waals surface area contributed by atoms with Crippen molar-refractivity contribution in [1.82, 2.24) is 20.1 Å².